The summed E-state index contributed by atoms with van der Waals surface area (Å²) in [6, 6.07) is 12.2. The Bertz CT molecular complexity index is 803. The number of ether oxygens (including phenoxy) is 1. The summed E-state index contributed by atoms with van der Waals surface area (Å²) >= 11 is 5.97. The van der Waals surface area contributed by atoms with Gasteiger partial charge in [0.25, 0.3) is 0 Å². The van der Waals surface area contributed by atoms with E-state index in [1.165, 1.54) is 7.11 Å². The molecule has 0 aliphatic rings. The van der Waals surface area contributed by atoms with E-state index in [4.69, 9.17) is 16.3 Å². The SMILES string of the molecule is COc1ccccc1NC(=O)C(C)(C)C(=O)Nc1cc(Cl)ccc1C. The van der Waals surface area contributed by atoms with E-state index >= 15 is 0 Å². The first kappa shape index (κ1) is 18.8. The second kappa shape index (κ2) is 7.57. The van der Waals surface area contributed by atoms with Crippen molar-refractivity contribution in [2.24, 2.45) is 5.41 Å². The molecule has 0 fully saturated rings. The lowest BCUT2D eigenvalue weighted by Gasteiger charge is -2.24. The molecule has 0 heterocycles. The first-order chi connectivity index (χ1) is 11.8. The van der Waals surface area contributed by atoms with E-state index in [0.717, 1.165) is 5.56 Å². The van der Waals surface area contributed by atoms with Crippen molar-refractivity contribution < 1.29 is 14.3 Å². The number of anilines is 2. The lowest BCUT2D eigenvalue weighted by atomic mass is 9.90. The third kappa shape index (κ3) is 4.31. The van der Waals surface area contributed by atoms with Gasteiger partial charge < -0.3 is 15.4 Å². The molecule has 0 aromatic heterocycles. The Morgan fingerprint density at radius 2 is 1.60 bits per heavy atom. The van der Waals surface area contributed by atoms with E-state index < -0.39 is 17.2 Å². The van der Waals surface area contributed by atoms with Crippen LogP contribution in [0.25, 0.3) is 0 Å². The second-order valence-corrected chi connectivity index (χ2v) is 6.63. The highest BCUT2D eigenvalue weighted by molar-refractivity contribution is 6.31. The topological polar surface area (TPSA) is 67.4 Å². The van der Waals surface area contributed by atoms with E-state index in [1.54, 1.807) is 56.3 Å². The van der Waals surface area contributed by atoms with Crippen LogP contribution in [0.2, 0.25) is 5.02 Å². The number of hydrogen-bond donors (Lipinski definition) is 2. The highest BCUT2D eigenvalue weighted by atomic mass is 35.5. The molecule has 2 rings (SSSR count). The normalized spacial score (nSPS) is 10.9. The van der Waals surface area contributed by atoms with Gasteiger partial charge in [-0.15, -0.1) is 0 Å². The van der Waals surface area contributed by atoms with Crippen LogP contribution >= 0.6 is 11.6 Å². The molecular formula is C19H21ClN2O3. The Kier molecular flexibility index (Phi) is 5.69. The smallest absolute Gasteiger partial charge is 0.239 e. The molecule has 25 heavy (non-hydrogen) atoms. The van der Waals surface area contributed by atoms with Gasteiger partial charge in [0.05, 0.1) is 12.8 Å². The van der Waals surface area contributed by atoms with Crippen molar-refractivity contribution in [2.75, 3.05) is 17.7 Å². The quantitative estimate of drug-likeness (QED) is 0.783. The van der Waals surface area contributed by atoms with Gasteiger partial charge in [0.15, 0.2) is 0 Å². The number of aryl methyl sites for hydroxylation is 1. The summed E-state index contributed by atoms with van der Waals surface area (Å²) in [5.74, 6) is -0.336. The summed E-state index contributed by atoms with van der Waals surface area (Å²) in [7, 11) is 1.52. The molecule has 6 heteroatoms. The molecule has 0 radical (unpaired) electrons. The Morgan fingerprint density at radius 1 is 1.00 bits per heavy atom. The number of halogens is 1. The molecule has 0 atom stereocenters. The van der Waals surface area contributed by atoms with E-state index in [1.807, 2.05) is 6.92 Å². The molecule has 0 bridgehead atoms. The van der Waals surface area contributed by atoms with Gasteiger partial charge in [-0.1, -0.05) is 29.8 Å². The standard InChI is InChI=1S/C19H21ClN2O3/c1-12-9-10-13(20)11-15(12)22-18(24)19(2,3)17(23)21-14-7-5-6-8-16(14)25-4/h5-11H,1-4H3,(H,21,23)(H,22,24). The first-order valence-corrected chi connectivity index (χ1v) is 8.15. The van der Waals surface area contributed by atoms with Crippen molar-refractivity contribution in [1.82, 2.24) is 0 Å². The number of para-hydroxylation sites is 2. The molecule has 2 amide bonds. The maximum Gasteiger partial charge on any atom is 0.239 e. The molecule has 0 unspecified atom stereocenters. The highest BCUT2D eigenvalue weighted by Gasteiger charge is 2.36. The molecule has 2 aromatic carbocycles. The highest BCUT2D eigenvalue weighted by Crippen LogP contribution is 2.28. The summed E-state index contributed by atoms with van der Waals surface area (Å²) in [4.78, 5) is 25.3. The second-order valence-electron chi connectivity index (χ2n) is 6.19. The summed E-state index contributed by atoms with van der Waals surface area (Å²) in [6.07, 6.45) is 0. The third-order valence-electron chi connectivity index (χ3n) is 3.94. The van der Waals surface area contributed by atoms with Crippen LogP contribution < -0.4 is 15.4 Å². The van der Waals surface area contributed by atoms with Crippen molar-refractivity contribution in [3.63, 3.8) is 0 Å². The van der Waals surface area contributed by atoms with E-state index in [9.17, 15) is 9.59 Å². The fraction of sp³-hybridized carbons (Fsp3) is 0.263. The average molecular weight is 361 g/mol. The molecule has 132 valence electrons. The summed E-state index contributed by atoms with van der Waals surface area (Å²) in [6.45, 7) is 4.98. The summed E-state index contributed by atoms with van der Waals surface area (Å²) in [5, 5.41) is 6.03. The first-order valence-electron chi connectivity index (χ1n) is 7.77. The Balaban J connectivity index is 2.17. The number of carbonyl (C=O) groups excluding carboxylic acids is 2. The minimum absolute atomic E-state index is 0.426. The van der Waals surface area contributed by atoms with E-state index in [2.05, 4.69) is 10.6 Å². The lowest BCUT2D eigenvalue weighted by molar-refractivity contribution is -0.135. The zero-order valence-electron chi connectivity index (χ0n) is 14.6. The van der Waals surface area contributed by atoms with Crippen molar-refractivity contribution in [2.45, 2.75) is 20.8 Å². The third-order valence-corrected chi connectivity index (χ3v) is 4.17. The van der Waals surface area contributed by atoms with Crippen LogP contribution in [0.5, 0.6) is 5.75 Å². The van der Waals surface area contributed by atoms with Crippen LogP contribution in [0.15, 0.2) is 42.5 Å². The molecule has 0 saturated carbocycles. The molecule has 0 aliphatic heterocycles. The van der Waals surface area contributed by atoms with Gasteiger partial charge in [-0.25, -0.2) is 0 Å². The fourth-order valence-corrected chi connectivity index (χ4v) is 2.31. The number of methoxy groups -OCH3 is 1. The van der Waals surface area contributed by atoms with Crippen LogP contribution in [0.1, 0.15) is 19.4 Å². The van der Waals surface area contributed by atoms with Crippen LogP contribution in [-0.4, -0.2) is 18.9 Å². The Hall–Kier alpha value is -2.53. The largest absolute Gasteiger partial charge is 0.495 e. The van der Waals surface area contributed by atoms with Crippen molar-refractivity contribution in [1.29, 1.82) is 0 Å². The van der Waals surface area contributed by atoms with Gasteiger partial charge >= 0.3 is 0 Å². The zero-order chi connectivity index (χ0) is 18.6. The van der Waals surface area contributed by atoms with E-state index in [0.29, 0.717) is 22.1 Å². The maximum absolute atomic E-state index is 12.6. The van der Waals surface area contributed by atoms with Gasteiger partial charge in [0.2, 0.25) is 11.8 Å². The van der Waals surface area contributed by atoms with Gasteiger partial charge in [-0.2, -0.15) is 0 Å². The summed E-state index contributed by atoms with van der Waals surface area (Å²) < 4.78 is 5.21. The van der Waals surface area contributed by atoms with Gasteiger partial charge in [-0.05, 0) is 50.6 Å². The molecular weight excluding hydrogens is 340 g/mol. The molecule has 0 spiro atoms. The van der Waals surface area contributed by atoms with Gasteiger partial charge in [0, 0.05) is 10.7 Å². The fourth-order valence-electron chi connectivity index (χ4n) is 2.14. The van der Waals surface area contributed by atoms with Crippen LogP contribution in [0.4, 0.5) is 11.4 Å². The number of hydrogen-bond acceptors (Lipinski definition) is 3. The minimum Gasteiger partial charge on any atom is -0.495 e. The van der Waals surface area contributed by atoms with Crippen LogP contribution in [-0.2, 0) is 9.59 Å². The molecule has 2 N–H and O–H groups in total. The maximum atomic E-state index is 12.6. The average Bonchev–Trinajstić information content (AvgIpc) is 2.58. The number of carbonyl (C=O) groups is 2. The number of benzene rings is 2. The number of amides is 2. The van der Waals surface area contributed by atoms with Gasteiger partial charge in [0.1, 0.15) is 11.2 Å². The predicted molar refractivity (Wildman–Crippen MR) is 100 cm³/mol. The van der Waals surface area contributed by atoms with Gasteiger partial charge in [-0.3, -0.25) is 9.59 Å². The predicted octanol–water partition coefficient (Wildman–Crippen LogP) is 4.26. The van der Waals surface area contributed by atoms with Crippen molar-refractivity contribution >= 4 is 34.8 Å². The monoisotopic (exact) mass is 360 g/mol. The van der Waals surface area contributed by atoms with Crippen molar-refractivity contribution in [3.8, 4) is 5.75 Å². The van der Waals surface area contributed by atoms with Crippen LogP contribution in [0.3, 0.4) is 0 Å². The Labute approximate surface area is 152 Å². The number of rotatable bonds is 5. The van der Waals surface area contributed by atoms with Crippen molar-refractivity contribution in [3.05, 3.63) is 53.1 Å². The molecule has 5 nitrogen and oxygen atoms in total. The Morgan fingerprint density at radius 3 is 2.24 bits per heavy atom. The molecule has 0 aliphatic carbocycles. The lowest BCUT2D eigenvalue weighted by Crippen LogP contribution is -2.41. The van der Waals surface area contributed by atoms with E-state index in [-0.39, 0.29) is 0 Å². The summed E-state index contributed by atoms with van der Waals surface area (Å²) in [5.41, 5.74) is 0.652. The van der Waals surface area contributed by atoms with Crippen LogP contribution in [0, 0.1) is 12.3 Å². The number of nitrogens with one attached hydrogen (secondary N) is 2. The molecule has 0 saturated heterocycles. The molecule has 2 aromatic rings. The zero-order valence-corrected chi connectivity index (χ0v) is 15.4. The minimum atomic E-state index is -1.30.